The van der Waals surface area contributed by atoms with Crippen LogP contribution in [0.1, 0.15) is 22.4 Å². The normalized spacial score (nSPS) is 11.2. The van der Waals surface area contributed by atoms with Crippen LogP contribution in [0.15, 0.2) is 126 Å². The Hall–Kier alpha value is -5.59. The molecule has 0 aliphatic carbocycles. The van der Waals surface area contributed by atoms with Crippen molar-refractivity contribution < 1.29 is 9.18 Å². The van der Waals surface area contributed by atoms with Gasteiger partial charge < -0.3 is 0 Å². The van der Waals surface area contributed by atoms with Crippen LogP contribution in [0.3, 0.4) is 0 Å². The molecule has 0 radical (unpaired) electrons. The minimum Gasteiger partial charge on any atom is -0.261 e. The van der Waals surface area contributed by atoms with Gasteiger partial charge in [-0.25, -0.2) is 9.18 Å². The lowest BCUT2D eigenvalue weighted by molar-refractivity contribution is 0.396. The molecule has 198 valence electrons. The maximum atomic E-state index is 15.6. The quantitative estimate of drug-likeness (QED) is 0.129. The molecule has 2 heterocycles. The average molecular weight is 539 g/mol. The first-order chi connectivity index (χ1) is 20.1. The molecule has 6 rings (SSSR count). The predicted octanol–water partition coefficient (Wildman–Crippen LogP) is 6.66. The van der Waals surface area contributed by atoms with E-state index in [0.717, 1.165) is 22.4 Å². The van der Waals surface area contributed by atoms with Crippen LogP contribution in [0.5, 0.6) is 0 Å². The first-order valence-electron chi connectivity index (χ1n) is 12.9. The zero-order valence-corrected chi connectivity index (χ0v) is 22.0. The zero-order valence-electron chi connectivity index (χ0n) is 22.0. The van der Waals surface area contributed by atoms with E-state index in [-0.39, 0.29) is 17.1 Å². The molecule has 0 saturated heterocycles. The van der Waals surface area contributed by atoms with Crippen molar-refractivity contribution in [2.24, 2.45) is 4.99 Å². The van der Waals surface area contributed by atoms with E-state index in [4.69, 9.17) is 5.10 Å². The first-order valence-corrected chi connectivity index (χ1v) is 12.9. The number of carbonyl (C=O) groups excluding carboxylic acids is 1. The number of benzene rings is 4. The number of hydrogen-bond acceptors (Lipinski definition) is 6. The van der Waals surface area contributed by atoms with E-state index >= 15 is 4.39 Å². The van der Waals surface area contributed by atoms with Crippen LogP contribution in [0.2, 0.25) is 0 Å². The third kappa shape index (κ3) is 4.62. The monoisotopic (exact) mass is 538 g/mol. The van der Waals surface area contributed by atoms with Crippen LogP contribution in [0, 0.1) is 12.7 Å². The standard InChI is InChI=1S/C33H23FN6O/c1-23-17-18-24(21-35-23)31-29(19-28(36-22-41)20-30(31)34)32-37-39-40(38-32)33(25-11-5-2-6-12-25,26-13-7-3-8-14-26)27-15-9-4-10-16-27/h2-21H,1H3. The van der Waals surface area contributed by atoms with Gasteiger partial charge in [0.15, 0.2) is 5.54 Å². The van der Waals surface area contributed by atoms with Gasteiger partial charge in [-0.15, -0.1) is 15.0 Å². The Labute approximate surface area is 235 Å². The van der Waals surface area contributed by atoms with Crippen LogP contribution in [-0.2, 0) is 10.3 Å². The molecule has 0 spiro atoms. The molecule has 2 aromatic heterocycles. The first kappa shape index (κ1) is 25.7. The largest absolute Gasteiger partial charge is 0.261 e. The third-order valence-electron chi connectivity index (χ3n) is 6.98. The van der Waals surface area contributed by atoms with Crippen molar-refractivity contribution in [1.29, 1.82) is 0 Å². The van der Waals surface area contributed by atoms with Gasteiger partial charge in [0.2, 0.25) is 11.9 Å². The summed E-state index contributed by atoms with van der Waals surface area (Å²) in [5, 5.41) is 13.9. The molecule has 0 saturated carbocycles. The van der Waals surface area contributed by atoms with Crippen molar-refractivity contribution in [3.63, 3.8) is 0 Å². The zero-order chi connectivity index (χ0) is 28.2. The van der Waals surface area contributed by atoms with E-state index in [2.05, 4.69) is 20.3 Å². The molecule has 6 aromatic rings. The summed E-state index contributed by atoms with van der Waals surface area (Å²) in [4.78, 5) is 20.6. The van der Waals surface area contributed by atoms with E-state index in [9.17, 15) is 4.79 Å². The van der Waals surface area contributed by atoms with Gasteiger partial charge in [0.25, 0.3) is 0 Å². The maximum absolute atomic E-state index is 15.6. The van der Waals surface area contributed by atoms with Crippen molar-refractivity contribution in [1.82, 2.24) is 25.2 Å². The molecule has 0 atom stereocenters. The van der Waals surface area contributed by atoms with E-state index in [1.807, 2.05) is 97.9 Å². The van der Waals surface area contributed by atoms with Crippen molar-refractivity contribution in [3.05, 3.63) is 150 Å². The topological polar surface area (TPSA) is 85.9 Å². The highest BCUT2D eigenvalue weighted by molar-refractivity contribution is 5.83. The molecule has 41 heavy (non-hydrogen) atoms. The average Bonchev–Trinajstić information content (AvgIpc) is 3.50. The summed E-state index contributed by atoms with van der Waals surface area (Å²) in [5.74, 6) is -0.437. The van der Waals surface area contributed by atoms with Crippen molar-refractivity contribution in [2.75, 3.05) is 0 Å². The van der Waals surface area contributed by atoms with Crippen LogP contribution < -0.4 is 0 Å². The Balaban J connectivity index is 1.64. The Bertz CT molecular complexity index is 1750. The summed E-state index contributed by atoms with van der Waals surface area (Å²) in [6, 6.07) is 36.1. The molecule has 0 fully saturated rings. The minimum absolute atomic E-state index is 0.0908. The van der Waals surface area contributed by atoms with Crippen molar-refractivity contribution >= 4 is 11.8 Å². The Morgan fingerprint density at radius 1 is 0.805 bits per heavy atom. The van der Waals surface area contributed by atoms with Gasteiger partial charge in [0.05, 0.1) is 5.69 Å². The van der Waals surface area contributed by atoms with Gasteiger partial charge in [0, 0.05) is 34.6 Å². The molecular formula is C33H23FN6O. The molecule has 0 aliphatic rings. The summed E-state index contributed by atoms with van der Waals surface area (Å²) in [6.07, 6.45) is 3.07. The molecule has 4 aromatic carbocycles. The Morgan fingerprint density at radius 2 is 1.39 bits per heavy atom. The van der Waals surface area contributed by atoms with Gasteiger partial charge in [0.1, 0.15) is 5.82 Å². The second-order valence-electron chi connectivity index (χ2n) is 9.45. The van der Waals surface area contributed by atoms with Crippen LogP contribution in [0.25, 0.3) is 22.5 Å². The highest BCUT2D eigenvalue weighted by Crippen LogP contribution is 2.41. The smallest absolute Gasteiger partial charge is 0.240 e. The maximum Gasteiger partial charge on any atom is 0.240 e. The van der Waals surface area contributed by atoms with E-state index < -0.39 is 11.4 Å². The Kier molecular flexibility index (Phi) is 6.81. The number of aliphatic imine (C=N–C) groups is 1. The lowest BCUT2D eigenvalue weighted by Crippen LogP contribution is -2.39. The predicted molar refractivity (Wildman–Crippen MR) is 154 cm³/mol. The fourth-order valence-electron chi connectivity index (χ4n) is 5.14. The number of aromatic nitrogens is 5. The number of rotatable bonds is 7. The number of nitrogens with zero attached hydrogens (tertiary/aromatic N) is 6. The number of tetrazole rings is 1. The number of hydrogen-bond donors (Lipinski definition) is 0. The third-order valence-corrected chi connectivity index (χ3v) is 6.98. The molecule has 0 bridgehead atoms. The van der Waals surface area contributed by atoms with E-state index in [1.54, 1.807) is 29.2 Å². The minimum atomic E-state index is -1.00. The van der Waals surface area contributed by atoms with E-state index in [0.29, 0.717) is 11.1 Å². The highest BCUT2D eigenvalue weighted by atomic mass is 19.1. The summed E-state index contributed by atoms with van der Waals surface area (Å²) >= 11 is 0. The van der Waals surface area contributed by atoms with Gasteiger partial charge in [-0.05, 0) is 41.0 Å². The SMILES string of the molecule is Cc1ccc(-c2c(F)cc(N=C=O)cc2-c2nnn(C(c3ccccc3)(c3ccccc3)c3ccccc3)n2)cn1. The van der Waals surface area contributed by atoms with Crippen LogP contribution in [-0.4, -0.2) is 31.3 Å². The van der Waals surface area contributed by atoms with E-state index in [1.165, 1.54) is 12.1 Å². The molecule has 0 unspecified atom stereocenters. The molecule has 7 nitrogen and oxygen atoms in total. The fraction of sp³-hybridized carbons (Fsp3) is 0.0606. The van der Waals surface area contributed by atoms with Crippen molar-refractivity contribution in [2.45, 2.75) is 12.5 Å². The molecule has 8 heteroatoms. The second kappa shape index (κ2) is 10.9. The molecule has 0 amide bonds. The number of aryl methyl sites for hydroxylation is 1. The Morgan fingerprint density at radius 3 is 1.90 bits per heavy atom. The molecule has 0 aliphatic heterocycles. The lowest BCUT2D eigenvalue weighted by Gasteiger charge is -2.34. The lowest BCUT2D eigenvalue weighted by atomic mass is 9.77. The highest BCUT2D eigenvalue weighted by Gasteiger charge is 2.41. The molecule has 0 N–H and O–H groups in total. The van der Waals surface area contributed by atoms with Gasteiger partial charge in [-0.2, -0.15) is 4.99 Å². The number of pyridine rings is 1. The second-order valence-corrected chi connectivity index (χ2v) is 9.45. The summed E-state index contributed by atoms with van der Waals surface area (Å²) < 4.78 is 15.6. The fourth-order valence-corrected chi connectivity index (χ4v) is 5.14. The molecular weight excluding hydrogens is 515 g/mol. The van der Waals surface area contributed by atoms with Gasteiger partial charge >= 0.3 is 0 Å². The van der Waals surface area contributed by atoms with Gasteiger partial charge in [-0.3, -0.25) is 4.98 Å². The van der Waals surface area contributed by atoms with Crippen molar-refractivity contribution in [3.8, 4) is 22.5 Å². The number of halogens is 1. The summed E-state index contributed by atoms with van der Waals surface area (Å²) in [7, 11) is 0. The number of isocyanates is 1. The summed E-state index contributed by atoms with van der Waals surface area (Å²) in [6.45, 7) is 1.85. The van der Waals surface area contributed by atoms with Crippen LogP contribution >= 0.6 is 0 Å². The van der Waals surface area contributed by atoms with Crippen LogP contribution in [0.4, 0.5) is 10.1 Å². The van der Waals surface area contributed by atoms with Gasteiger partial charge in [-0.1, -0.05) is 97.1 Å². The summed E-state index contributed by atoms with van der Waals surface area (Å²) in [5.41, 5.74) is 3.69.